The lowest BCUT2D eigenvalue weighted by Gasteiger charge is -2.30. The van der Waals surface area contributed by atoms with Gasteiger partial charge in [-0.15, -0.1) is 0 Å². The van der Waals surface area contributed by atoms with Gasteiger partial charge in [0.25, 0.3) is 11.5 Å². The van der Waals surface area contributed by atoms with E-state index in [2.05, 4.69) is 17.4 Å². The Morgan fingerprint density at radius 3 is 2.65 bits per heavy atom. The van der Waals surface area contributed by atoms with Crippen LogP contribution >= 0.6 is 0 Å². The van der Waals surface area contributed by atoms with Crippen LogP contribution in [0.5, 0.6) is 0 Å². The van der Waals surface area contributed by atoms with E-state index in [-0.39, 0.29) is 17.0 Å². The summed E-state index contributed by atoms with van der Waals surface area (Å²) in [6.45, 7) is 2.60. The number of benzene rings is 1. The molecule has 1 aromatic carbocycles. The molecule has 5 nitrogen and oxygen atoms in total. The molecule has 1 aliphatic rings. The number of halogens is 1. The fourth-order valence-electron chi connectivity index (χ4n) is 2.96. The SMILES string of the molecule is C[C@](CNC(=O)c1cc(=O)[nH]o1)(Cc1ccc(F)cc1)C1CC1. The highest BCUT2D eigenvalue weighted by atomic mass is 19.1. The van der Waals surface area contributed by atoms with Gasteiger partial charge in [0.05, 0.1) is 6.07 Å². The van der Waals surface area contributed by atoms with E-state index in [9.17, 15) is 14.0 Å². The van der Waals surface area contributed by atoms with E-state index in [0.717, 1.165) is 30.9 Å². The third kappa shape index (κ3) is 3.70. The van der Waals surface area contributed by atoms with Crippen LogP contribution in [0.25, 0.3) is 0 Å². The molecule has 1 atom stereocenters. The van der Waals surface area contributed by atoms with Crippen molar-refractivity contribution in [1.29, 1.82) is 0 Å². The van der Waals surface area contributed by atoms with Crippen molar-refractivity contribution < 1.29 is 13.7 Å². The number of H-pyrrole nitrogens is 1. The topological polar surface area (TPSA) is 75.1 Å². The van der Waals surface area contributed by atoms with E-state index in [0.29, 0.717) is 12.5 Å². The van der Waals surface area contributed by atoms with Crippen LogP contribution in [-0.2, 0) is 6.42 Å². The average Bonchev–Trinajstić information content (AvgIpc) is 3.30. The second-order valence-corrected chi connectivity index (χ2v) is 6.49. The molecule has 1 fully saturated rings. The summed E-state index contributed by atoms with van der Waals surface area (Å²) in [5, 5.41) is 4.94. The molecule has 1 heterocycles. The molecular weight excluding hydrogens is 299 g/mol. The maximum absolute atomic E-state index is 13.0. The van der Waals surface area contributed by atoms with Crippen molar-refractivity contribution in [2.45, 2.75) is 26.2 Å². The van der Waals surface area contributed by atoms with E-state index in [1.165, 1.54) is 12.1 Å². The van der Waals surface area contributed by atoms with Crippen LogP contribution < -0.4 is 10.9 Å². The summed E-state index contributed by atoms with van der Waals surface area (Å²) in [5.41, 5.74) is 0.499. The minimum Gasteiger partial charge on any atom is -0.373 e. The Hall–Kier alpha value is -2.37. The average molecular weight is 318 g/mol. The number of hydrogen-bond acceptors (Lipinski definition) is 3. The number of rotatable bonds is 6. The lowest BCUT2D eigenvalue weighted by Crippen LogP contribution is -2.38. The fraction of sp³-hybridized carbons (Fsp3) is 0.412. The molecule has 1 amide bonds. The van der Waals surface area contributed by atoms with E-state index in [1.807, 2.05) is 0 Å². The van der Waals surface area contributed by atoms with E-state index in [1.54, 1.807) is 12.1 Å². The van der Waals surface area contributed by atoms with Crippen molar-refractivity contribution in [3.05, 3.63) is 57.8 Å². The molecule has 23 heavy (non-hydrogen) atoms. The van der Waals surface area contributed by atoms with Crippen LogP contribution in [0.3, 0.4) is 0 Å². The zero-order valence-electron chi connectivity index (χ0n) is 12.9. The number of nitrogens with one attached hydrogen (secondary N) is 2. The van der Waals surface area contributed by atoms with Gasteiger partial charge in [0.1, 0.15) is 5.82 Å². The van der Waals surface area contributed by atoms with Gasteiger partial charge in [0.15, 0.2) is 0 Å². The van der Waals surface area contributed by atoms with Crippen molar-refractivity contribution >= 4 is 5.91 Å². The van der Waals surface area contributed by atoms with Crippen LogP contribution in [0.1, 0.15) is 35.9 Å². The van der Waals surface area contributed by atoms with Gasteiger partial charge in [-0.2, -0.15) is 5.16 Å². The van der Waals surface area contributed by atoms with Gasteiger partial charge in [-0.3, -0.25) is 9.59 Å². The summed E-state index contributed by atoms with van der Waals surface area (Å²) in [7, 11) is 0. The molecule has 1 aromatic heterocycles. The maximum Gasteiger partial charge on any atom is 0.289 e. The van der Waals surface area contributed by atoms with Crippen LogP contribution in [-0.4, -0.2) is 17.6 Å². The Morgan fingerprint density at radius 1 is 1.39 bits per heavy atom. The minimum absolute atomic E-state index is 0.0186. The van der Waals surface area contributed by atoms with E-state index in [4.69, 9.17) is 4.52 Å². The van der Waals surface area contributed by atoms with Gasteiger partial charge >= 0.3 is 0 Å². The molecule has 0 aliphatic heterocycles. The smallest absolute Gasteiger partial charge is 0.289 e. The highest BCUT2D eigenvalue weighted by molar-refractivity contribution is 5.91. The summed E-state index contributed by atoms with van der Waals surface area (Å²) < 4.78 is 17.8. The fourth-order valence-corrected chi connectivity index (χ4v) is 2.96. The molecule has 0 spiro atoms. The number of hydrogen-bond donors (Lipinski definition) is 2. The summed E-state index contributed by atoms with van der Waals surface area (Å²) in [6, 6.07) is 7.60. The maximum atomic E-state index is 13.0. The standard InChI is InChI=1S/C17H19FN2O3/c1-17(12-4-5-12,9-11-2-6-13(18)7-3-11)10-19-16(22)14-8-15(21)20-23-14/h2-3,6-8,12H,4-5,9-10H2,1H3,(H,19,22)(H,20,21)/t17-/m1/s1. The highest BCUT2D eigenvalue weighted by Crippen LogP contribution is 2.47. The van der Waals surface area contributed by atoms with Crippen LogP contribution in [0, 0.1) is 17.2 Å². The zero-order chi connectivity index (χ0) is 16.4. The molecule has 122 valence electrons. The second-order valence-electron chi connectivity index (χ2n) is 6.49. The third-order valence-electron chi connectivity index (χ3n) is 4.48. The molecular formula is C17H19FN2O3. The number of carbonyl (C=O) groups is 1. The number of aromatic nitrogens is 1. The summed E-state index contributed by atoms with van der Waals surface area (Å²) in [6.07, 6.45) is 3.02. The van der Waals surface area contributed by atoms with Crippen molar-refractivity contribution in [3.63, 3.8) is 0 Å². The Morgan fingerprint density at radius 2 is 2.09 bits per heavy atom. The van der Waals surface area contributed by atoms with Gasteiger partial charge < -0.3 is 9.84 Å². The van der Waals surface area contributed by atoms with E-state index < -0.39 is 11.5 Å². The first-order valence-electron chi connectivity index (χ1n) is 7.67. The van der Waals surface area contributed by atoms with Crippen molar-refractivity contribution in [1.82, 2.24) is 10.5 Å². The van der Waals surface area contributed by atoms with Crippen LogP contribution in [0.15, 0.2) is 39.6 Å². The van der Waals surface area contributed by atoms with Gasteiger partial charge in [-0.1, -0.05) is 19.1 Å². The Balaban J connectivity index is 1.67. The number of aromatic amines is 1. The molecule has 1 saturated carbocycles. The molecule has 0 unspecified atom stereocenters. The zero-order valence-corrected chi connectivity index (χ0v) is 12.9. The Labute approximate surface area is 132 Å². The quantitative estimate of drug-likeness (QED) is 0.859. The monoisotopic (exact) mass is 318 g/mol. The minimum atomic E-state index is -0.439. The molecule has 0 radical (unpaired) electrons. The van der Waals surface area contributed by atoms with E-state index >= 15 is 0 Å². The summed E-state index contributed by atoms with van der Waals surface area (Å²) in [4.78, 5) is 23.1. The first-order chi connectivity index (χ1) is 11.0. The number of carbonyl (C=O) groups excluding carboxylic acids is 1. The third-order valence-corrected chi connectivity index (χ3v) is 4.48. The van der Waals surface area contributed by atoms with Gasteiger partial charge in [-0.25, -0.2) is 4.39 Å². The predicted octanol–water partition coefficient (Wildman–Crippen LogP) is 2.50. The van der Waals surface area contributed by atoms with Gasteiger partial charge in [-0.05, 0) is 48.3 Å². The predicted molar refractivity (Wildman–Crippen MR) is 82.6 cm³/mol. The number of amides is 1. The van der Waals surface area contributed by atoms with Crippen molar-refractivity contribution in [2.24, 2.45) is 11.3 Å². The van der Waals surface area contributed by atoms with Crippen molar-refractivity contribution in [2.75, 3.05) is 6.54 Å². The Kier molecular flexibility index (Phi) is 4.07. The summed E-state index contributed by atoms with van der Waals surface area (Å²) >= 11 is 0. The molecule has 0 saturated heterocycles. The first-order valence-corrected chi connectivity index (χ1v) is 7.67. The summed E-state index contributed by atoms with van der Waals surface area (Å²) in [5.74, 6) is -0.145. The largest absolute Gasteiger partial charge is 0.373 e. The lowest BCUT2D eigenvalue weighted by molar-refractivity contribution is 0.0889. The normalized spacial score (nSPS) is 16.8. The molecule has 1 aliphatic carbocycles. The Bertz CT molecular complexity index is 746. The molecule has 3 rings (SSSR count). The molecule has 2 N–H and O–H groups in total. The molecule has 0 bridgehead atoms. The second kappa shape index (κ2) is 6.02. The molecule has 6 heteroatoms. The lowest BCUT2D eigenvalue weighted by atomic mass is 9.79. The highest BCUT2D eigenvalue weighted by Gasteiger charge is 2.41. The van der Waals surface area contributed by atoms with Gasteiger partial charge in [0.2, 0.25) is 5.76 Å². The first kappa shape index (κ1) is 15.5. The van der Waals surface area contributed by atoms with Crippen LogP contribution in [0.2, 0.25) is 0 Å². The van der Waals surface area contributed by atoms with Gasteiger partial charge in [0, 0.05) is 6.54 Å². The van der Waals surface area contributed by atoms with Crippen molar-refractivity contribution in [3.8, 4) is 0 Å². The molecule has 2 aromatic rings. The van der Waals surface area contributed by atoms with Crippen LogP contribution in [0.4, 0.5) is 4.39 Å².